The molecule has 0 radical (unpaired) electrons. The Hall–Kier alpha value is -1.49. The van der Waals surface area contributed by atoms with Crippen molar-refractivity contribution in [2.45, 2.75) is 31.4 Å². The Labute approximate surface area is 151 Å². The number of pyridine rings is 1. The van der Waals surface area contributed by atoms with E-state index in [4.69, 9.17) is 32.7 Å². The van der Waals surface area contributed by atoms with Crippen molar-refractivity contribution in [2.75, 3.05) is 18.5 Å². The van der Waals surface area contributed by atoms with Gasteiger partial charge >= 0.3 is 0 Å². The van der Waals surface area contributed by atoms with Gasteiger partial charge in [0.05, 0.1) is 29.3 Å². The molecular weight excluding hydrogens is 347 g/mol. The summed E-state index contributed by atoms with van der Waals surface area (Å²) in [5, 5.41) is 4.68. The maximum Gasteiger partial charge on any atom is 0.215 e. The van der Waals surface area contributed by atoms with Gasteiger partial charge in [0.2, 0.25) is 5.88 Å². The highest BCUT2D eigenvalue weighted by Gasteiger charge is 2.24. The first-order valence-corrected chi connectivity index (χ1v) is 8.89. The van der Waals surface area contributed by atoms with Crippen LogP contribution in [0.1, 0.15) is 30.0 Å². The highest BCUT2D eigenvalue weighted by atomic mass is 35.5. The van der Waals surface area contributed by atoms with E-state index in [1.807, 2.05) is 30.5 Å². The molecule has 0 saturated carbocycles. The van der Waals surface area contributed by atoms with Crippen molar-refractivity contribution in [1.82, 2.24) is 4.98 Å². The van der Waals surface area contributed by atoms with Crippen molar-refractivity contribution in [3.8, 4) is 5.88 Å². The smallest absolute Gasteiger partial charge is 0.215 e. The second kappa shape index (κ2) is 6.79. The fourth-order valence-corrected chi connectivity index (χ4v) is 3.49. The minimum absolute atomic E-state index is 0.176. The molecule has 1 fully saturated rings. The lowest BCUT2D eigenvalue weighted by Crippen LogP contribution is -2.26. The molecule has 24 heavy (non-hydrogen) atoms. The van der Waals surface area contributed by atoms with Gasteiger partial charge < -0.3 is 14.8 Å². The van der Waals surface area contributed by atoms with E-state index in [2.05, 4.69) is 10.3 Å². The average molecular weight is 365 g/mol. The van der Waals surface area contributed by atoms with Gasteiger partial charge in [-0.15, -0.1) is 0 Å². The number of aromatic nitrogens is 1. The quantitative estimate of drug-likeness (QED) is 0.860. The van der Waals surface area contributed by atoms with Crippen molar-refractivity contribution in [2.24, 2.45) is 0 Å². The lowest BCUT2D eigenvalue weighted by atomic mass is 10.0. The molecule has 0 aliphatic carbocycles. The second-order valence-electron chi connectivity index (χ2n) is 6.18. The van der Waals surface area contributed by atoms with Crippen molar-refractivity contribution in [1.29, 1.82) is 0 Å². The van der Waals surface area contributed by atoms with Crippen molar-refractivity contribution < 1.29 is 9.47 Å². The van der Waals surface area contributed by atoms with Crippen LogP contribution in [-0.2, 0) is 11.2 Å². The minimum Gasteiger partial charge on any atom is -0.474 e. The summed E-state index contributed by atoms with van der Waals surface area (Å²) < 4.78 is 11.3. The predicted octanol–water partition coefficient (Wildman–Crippen LogP) is 4.66. The Morgan fingerprint density at radius 2 is 1.96 bits per heavy atom. The van der Waals surface area contributed by atoms with E-state index in [1.54, 1.807) is 0 Å². The monoisotopic (exact) mass is 364 g/mol. The maximum atomic E-state index is 6.13. The summed E-state index contributed by atoms with van der Waals surface area (Å²) in [4.78, 5) is 4.45. The van der Waals surface area contributed by atoms with Gasteiger partial charge in [0.15, 0.2) is 0 Å². The van der Waals surface area contributed by atoms with E-state index in [0.717, 1.165) is 43.7 Å². The van der Waals surface area contributed by atoms with Gasteiger partial charge in [0.25, 0.3) is 0 Å². The van der Waals surface area contributed by atoms with E-state index >= 15 is 0 Å². The molecule has 0 bridgehead atoms. The number of nitrogens with zero attached hydrogens (tertiary/aromatic N) is 1. The van der Waals surface area contributed by atoms with Crippen LogP contribution in [0, 0.1) is 0 Å². The number of rotatable bonds is 3. The first kappa shape index (κ1) is 16.0. The standard InChI is InChI=1S/C18H18Cl2N2O2/c19-14-2-1-11(7-15(14)20)16-8-12-10-21-18(9-17(12)22-16)24-13-3-5-23-6-4-13/h1-2,7,9-10,13,16,22H,3-6,8H2. The van der Waals surface area contributed by atoms with Crippen molar-refractivity contribution >= 4 is 28.9 Å². The molecule has 0 spiro atoms. The molecule has 4 nitrogen and oxygen atoms in total. The molecule has 1 atom stereocenters. The number of fused-ring (bicyclic) bond motifs is 1. The first-order chi connectivity index (χ1) is 11.7. The number of anilines is 1. The van der Waals surface area contributed by atoms with Crippen LogP contribution >= 0.6 is 23.2 Å². The Bertz CT molecular complexity index is 748. The normalized spacial score (nSPS) is 20.5. The predicted molar refractivity (Wildman–Crippen MR) is 95.2 cm³/mol. The average Bonchev–Trinajstić information content (AvgIpc) is 3.01. The Balaban J connectivity index is 1.48. The number of nitrogens with one attached hydrogen (secondary N) is 1. The first-order valence-electron chi connectivity index (χ1n) is 8.14. The number of halogens is 2. The van der Waals surface area contributed by atoms with Crippen LogP contribution in [-0.4, -0.2) is 24.3 Å². The van der Waals surface area contributed by atoms with E-state index in [-0.39, 0.29) is 12.1 Å². The van der Waals surface area contributed by atoms with Gasteiger partial charge in [-0.3, -0.25) is 0 Å². The zero-order valence-electron chi connectivity index (χ0n) is 13.1. The van der Waals surface area contributed by atoms with Crippen LogP contribution < -0.4 is 10.1 Å². The maximum absolute atomic E-state index is 6.13. The van der Waals surface area contributed by atoms with E-state index < -0.39 is 0 Å². The van der Waals surface area contributed by atoms with E-state index in [9.17, 15) is 0 Å². The van der Waals surface area contributed by atoms with Crippen LogP contribution in [0.3, 0.4) is 0 Å². The third-order valence-electron chi connectivity index (χ3n) is 4.52. The zero-order valence-corrected chi connectivity index (χ0v) is 14.6. The van der Waals surface area contributed by atoms with Crippen molar-refractivity contribution in [3.63, 3.8) is 0 Å². The Kier molecular flexibility index (Phi) is 4.53. The van der Waals surface area contributed by atoms with Gasteiger partial charge in [-0.1, -0.05) is 29.3 Å². The topological polar surface area (TPSA) is 43.4 Å². The summed E-state index contributed by atoms with van der Waals surface area (Å²) in [7, 11) is 0. The molecular formula is C18H18Cl2N2O2. The summed E-state index contributed by atoms with van der Waals surface area (Å²) in [5.74, 6) is 0.669. The highest BCUT2D eigenvalue weighted by Crippen LogP contribution is 2.37. The molecule has 126 valence electrons. The minimum atomic E-state index is 0.176. The van der Waals surface area contributed by atoms with Crippen LogP contribution in [0.25, 0.3) is 0 Å². The summed E-state index contributed by atoms with van der Waals surface area (Å²) in [6.07, 6.45) is 4.79. The number of ether oxygens (including phenoxy) is 2. The molecule has 1 saturated heterocycles. The molecule has 2 aromatic rings. The lowest BCUT2D eigenvalue weighted by Gasteiger charge is -2.22. The molecule has 3 heterocycles. The number of hydrogen-bond donors (Lipinski definition) is 1. The molecule has 4 rings (SSSR count). The Morgan fingerprint density at radius 3 is 2.75 bits per heavy atom. The summed E-state index contributed by atoms with van der Waals surface area (Å²) in [5.41, 5.74) is 3.38. The second-order valence-corrected chi connectivity index (χ2v) is 7.00. The third-order valence-corrected chi connectivity index (χ3v) is 5.26. The fraction of sp³-hybridized carbons (Fsp3) is 0.389. The lowest BCUT2D eigenvalue weighted by molar-refractivity contribution is 0.0237. The van der Waals surface area contributed by atoms with Gasteiger partial charge in [0, 0.05) is 37.2 Å². The molecule has 0 amide bonds. The van der Waals surface area contributed by atoms with Gasteiger partial charge in [-0.25, -0.2) is 4.98 Å². The molecule has 2 aliphatic heterocycles. The molecule has 1 N–H and O–H groups in total. The largest absolute Gasteiger partial charge is 0.474 e. The van der Waals surface area contributed by atoms with Crippen LogP contribution in [0.4, 0.5) is 5.69 Å². The summed E-state index contributed by atoms with van der Waals surface area (Å²) in [6, 6.07) is 7.92. The van der Waals surface area contributed by atoms with Crippen LogP contribution in [0.15, 0.2) is 30.5 Å². The SMILES string of the molecule is Clc1ccc(C2Cc3cnc(OC4CCOCC4)cc3N2)cc1Cl. The number of benzene rings is 1. The Morgan fingerprint density at radius 1 is 1.12 bits per heavy atom. The third kappa shape index (κ3) is 3.32. The fourth-order valence-electron chi connectivity index (χ4n) is 3.18. The molecule has 6 heteroatoms. The van der Waals surface area contributed by atoms with Crippen molar-refractivity contribution in [3.05, 3.63) is 51.6 Å². The molecule has 1 aromatic carbocycles. The molecule has 1 aromatic heterocycles. The summed E-state index contributed by atoms with van der Waals surface area (Å²) >= 11 is 12.1. The van der Waals surface area contributed by atoms with Gasteiger partial charge in [0.1, 0.15) is 6.10 Å². The van der Waals surface area contributed by atoms with Crippen LogP contribution in [0.2, 0.25) is 10.0 Å². The zero-order chi connectivity index (χ0) is 16.5. The molecule has 1 unspecified atom stereocenters. The van der Waals surface area contributed by atoms with Gasteiger partial charge in [-0.2, -0.15) is 0 Å². The van der Waals surface area contributed by atoms with E-state index in [0.29, 0.717) is 15.9 Å². The highest BCUT2D eigenvalue weighted by molar-refractivity contribution is 6.42. The summed E-state index contributed by atoms with van der Waals surface area (Å²) in [6.45, 7) is 1.51. The van der Waals surface area contributed by atoms with E-state index in [1.165, 1.54) is 5.56 Å². The van der Waals surface area contributed by atoms with Crippen LogP contribution in [0.5, 0.6) is 5.88 Å². The van der Waals surface area contributed by atoms with Gasteiger partial charge in [-0.05, 0) is 23.3 Å². The number of hydrogen-bond acceptors (Lipinski definition) is 4. The molecule has 2 aliphatic rings.